The van der Waals surface area contributed by atoms with Gasteiger partial charge in [0.25, 0.3) is 0 Å². The van der Waals surface area contributed by atoms with E-state index < -0.39 is 0 Å². The molecule has 1 heterocycles. The predicted octanol–water partition coefficient (Wildman–Crippen LogP) is 12.2. The number of hydrogen-bond acceptors (Lipinski definition) is 1. The first-order valence-corrected chi connectivity index (χ1v) is 17.1. The standard InChI is InChI=1S/C48H29N/c1-2-13-30(14-3-1)46-23-12-24-47(49-46)31-25-26-34-38(27-31)32-15-4-5-16-33(32)39-28-41-37-19-8-11-22-44(37)48(45(41)29-40(34)39)42-20-9-6-17-35(42)36-18-7-10-21-43(36)48/h1-29H. The van der Waals surface area contributed by atoms with Gasteiger partial charge < -0.3 is 0 Å². The summed E-state index contributed by atoms with van der Waals surface area (Å²) < 4.78 is 0. The van der Waals surface area contributed by atoms with Gasteiger partial charge in [0, 0.05) is 11.1 Å². The molecule has 0 amide bonds. The Labute approximate surface area is 284 Å². The van der Waals surface area contributed by atoms with Gasteiger partial charge in [-0.25, -0.2) is 4.98 Å². The lowest BCUT2D eigenvalue weighted by Crippen LogP contribution is -2.25. The molecule has 0 bridgehead atoms. The molecule has 9 aromatic rings. The molecule has 226 valence electrons. The Morgan fingerprint density at radius 2 is 0.776 bits per heavy atom. The van der Waals surface area contributed by atoms with Crippen molar-refractivity contribution in [3.8, 4) is 44.8 Å². The zero-order valence-corrected chi connectivity index (χ0v) is 26.7. The molecule has 0 aliphatic heterocycles. The lowest BCUT2D eigenvalue weighted by molar-refractivity contribution is 0.795. The van der Waals surface area contributed by atoms with Crippen molar-refractivity contribution < 1.29 is 0 Å². The van der Waals surface area contributed by atoms with Gasteiger partial charge in [-0.05, 0) is 107 Å². The Kier molecular flexibility index (Phi) is 5.38. The molecule has 0 fully saturated rings. The van der Waals surface area contributed by atoms with Gasteiger partial charge in [-0.3, -0.25) is 0 Å². The molecule has 8 aromatic carbocycles. The number of benzene rings is 8. The molecule has 1 spiro atoms. The number of hydrogen-bond donors (Lipinski definition) is 0. The van der Waals surface area contributed by atoms with Crippen LogP contribution >= 0.6 is 0 Å². The summed E-state index contributed by atoms with van der Waals surface area (Å²) in [4.78, 5) is 5.12. The van der Waals surface area contributed by atoms with Crippen molar-refractivity contribution in [1.82, 2.24) is 4.98 Å². The second-order valence-electron chi connectivity index (χ2n) is 13.4. The van der Waals surface area contributed by atoms with E-state index >= 15 is 0 Å². The van der Waals surface area contributed by atoms with Crippen LogP contribution in [-0.4, -0.2) is 4.98 Å². The van der Waals surface area contributed by atoms with Crippen molar-refractivity contribution in [3.05, 3.63) is 198 Å². The zero-order valence-electron chi connectivity index (χ0n) is 26.7. The SMILES string of the molecule is c1ccc(-c2cccc(-c3ccc4c(c3)c3ccccc3c3cc5c(cc43)C3(c4ccccc4-c4ccccc43)c3ccccc3-5)n2)cc1. The minimum absolute atomic E-state index is 0.368. The minimum Gasteiger partial charge on any atom is -0.248 e. The predicted molar refractivity (Wildman–Crippen MR) is 204 cm³/mol. The summed E-state index contributed by atoms with van der Waals surface area (Å²) in [6.07, 6.45) is 0. The Hall–Kier alpha value is -6.31. The molecule has 1 nitrogen and oxygen atoms in total. The first kappa shape index (κ1) is 26.7. The summed E-state index contributed by atoms with van der Waals surface area (Å²) in [6, 6.07) is 64.8. The van der Waals surface area contributed by atoms with Crippen LogP contribution in [0.3, 0.4) is 0 Å². The van der Waals surface area contributed by atoms with E-state index in [2.05, 4.69) is 170 Å². The van der Waals surface area contributed by atoms with E-state index in [1.807, 2.05) is 6.07 Å². The molecule has 49 heavy (non-hydrogen) atoms. The number of nitrogens with zero attached hydrogens (tertiary/aromatic N) is 1. The van der Waals surface area contributed by atoms with E-state index in [4.69, 9.17) is 4.98 Å². The van der Waals surface area contributed by atoms with Gasteiger partial charge in [-0.2, -0.15) is 0 Å². The average molecular weight is 620 g/mol. The van der Waals surface area contributed by atoms with Gasteiger partial charge >= 0.3 is 0 Å². The molecule has 1 heteroatoms. The summed E-state index contributed by atoms with van der Waals surface area (Å²) in [7, 11) is 0. The largest absolute Gasteiger partial charge is 0.248 e. The fourth-order valence-electron chi connectivity index (χ4n) is 9.06. The van der Waals surface area contributed by atoms with Gasteiger partial charge in [0.05, 0.1) is 16.8 Å². The van der Waals surface area contributed by atoms with Gasteiger partial charge in [0.2, 0.25) is 0 Å². The molecule has 0 saturated carbocycles. The van der Waals surface area contributed by atoms with Crippen molar-refractivity contribution >= 4 is 32.3 Å². The maximum absolute atomic E-state index is 5.12. The van der Waals surface area contributed by atoms with Crippen LogP contribution < -0.4 is 0 Å². The second-order valence-corrected chi connectivity index (χ2v) is 13.4. The normalized spacial score (nSPS) is 13.5. The van der Waals surface area contributed by atoms with Crippen LogP contribution in [0.1, 0.15) is 22.3 Å². The van der Waals surface area contributed by atoms with Crippen LogP contribution in [0, 0.1) is 0 Å². The fraction of sp³-hybridized carbons (Fsp3) is 0.0208. The smallest absolute Gasteiger partial charge is 0.0725 e. The monoisotopic (exact) mass is 619 g/mol. The molecular formula is C48H29N. The number of fused-ring (bicyclic) bond motifs is 16. The zero-order chi connectivity index (χ0) is 32.1. The van der Waals surface area contributed by atoms with E-state index in [1.165, 1.54) is 76.8 Å². The highest BCUT2D eigenvalue weighted by Gasteiger charge is 2.51. The van der Waals surface area contributed by atoms with E-state index in [0.29, 0.717) is 0 Å². The van der Waals surface area contributed by atoms with Crippen molar-refractivity contribution in [2.24, 2.45) is 0 Å². The second kappa shape index (κ2) is 9.86. The Balaban J connectivity index is 1.22. The first-order valence-electron chi connectivity index (χ1n) is 17.1. The molecule has 0 unspecified atom stereocenters. The van der Waals surface area contributed by atoms with Crippen molar-refractivity contribution in [2.75, 3.05) is 0 Å². The molecule has 0 atom stereocenters. The van der Waals surface area contributed by atoms with Crippen LogP contribution in [0.5, 0.6) is 0 Å². The van der Waals surface area contributed by atoms with Crippen LogP contribution in [0.25, 0.3) is 77.1 Å². The highest BCUT2D eigenvalue weighted by atomic mass is 14.7. The van der Waals surface area contributed by atoms with E-state index in [9.17, 15) is 0 Å². The van der Waals surface area contributed by atoms with Gasteiger partial charge in [0.15, 0.2) is 0 Å². The molecule has 2 aliphatic carbocycles. The van der Waals surface area contributed by atoms with E-state index in [1.54, 1.807) is 0 Å². The Morgan fingerprint density at radius 1 is 0.286 bits per heavy atom. The Morgan fingerprint density at radius 3 is 1.43 bits per heavy atom. The Bertz CT molecular complexity index is 2780. The van der Waals surface area contributed by atoms with E-state index in [-0.39, 0.29) is 5.41 Å². The van der Waals surface area contributed by atoms with Crippen molar-refractivity contribution in [3.63, 3.8) is 0 Å². The topological polar surface area (TPSA) is 12.9 Å². The molecule has 0 radical (unpaired) electrons. The van der Waals surface area contributed by atoms with Gasteiger partial charge in [-0.15, -0.1) is 0 Å². The van der Waals surface area contributed by atoms with E-state index in [0.717, 1.165) is 22.5 Å². The average Bonchev–Trinajstić information content (AvgIpc) is 3.64. The number of rotatable bonds is 2. The molecule has 1 aromatic heterocycles. The van der Waals surface area contributed by atoms with Crippen molar-refractivity contribution in [2.45, 2.75) is 5.41 Å². The molecule has 0 N–H and O–H groups in total. The maximum Gasteiger partial charge on any atom is 0.0725 e. The van der Waals surface area contributed by atoms with Crippen molar-refractivity contribution in [1.29, 1.82) is 0 Å². The summed E-state index contributed by atoms with van der Waals surface area (Å²) in [5.74, 6) is 0. The minimum atomic E-state index is -0.368. The molecule has 11 rings (SSSR count). The first-order chi connectivity index (χ1) is 24.3. The summed E-state index contributed by atoms with van der Waals surface area (Å²) >= 11 is 0. The molecule has 2 aliphatic rings. The summed E-state index contributed by atoms with van der Waals surface area (Å²) in [5, 5.41) is 7.66. The highest BCUT2D eigenvalue weighted by molar-refractivity contribution is 6.27. The third-order valence-electron chi connectivity index (χ3n) is 11.1. The fourth-order valence-corrected chi connectivity index (χ4v) is 9.06. The molecule has 0 saturated heterocycles. The number of pyridine rings is 1. The summed E-state index contributed by atoms with van der Waals surface area (Å²) in [6.45, 7) is 0. The van der Waals surface area contributed by atoms with Crippen LogP contribution in [0.4, 0.5) is 0 Å². The lowest BCUT2D eigenvalue weighted by atomic mass is 9.70. The van der Waals surface area contributed by atoms with Crippen LogP contribution in [-0.2, 0) is 5.41 Å². The maximum atomic E-state index is 5.12. The number of aromatic nitrogens is 1. The van der Waals surface area contributed by atoms with Gasteiger partial charge in [0.1, 0.15) is 0 Å². The third kappa shape index (κ3) is 3.51. The van der Waals surface area contributed by atoms with Crippen LogP contribution in [0.2, 0.25) is 0 Å². The van der Waals surface area contributed by atoms with Crippen LogP contribution in [0.15, 0.2) is 176 Å². The highest BCUT2D eigenvalue weighted by Crippen LogP contribution is 2.63. The summed E-state index contributed by atoms with van der Waals surface area (Å²) in [5.41, 5.74) is 14.7. The van der Waals surface area contributed by atoms with Gasteiger partial charge in [-0.1, -0.05) is 146 Å². The molecular weight excluding hydrogens is 591 g/mol. The quantitative estimate of drug-likeness (QED) is 0.175. The third-order valence-corrected chi connectivity index (χ3v) is 11.1. The lowest BCUT2D eigenvalue weighted by Gasteiger charge is -2.30.